The zero-order chi connectivity index (χ0) is 73.6. The highest BCUT2D eigenvalue weighted by molar-refractivity contribution is 6.18. The molecule has 0 spiro atoms. The Hall–Kier alpha value is -13.8. The van der Waals surface area contributed by atoms with Crippen molar-refractivity contribution in [2.75, 3.05) is 9.80 Å². The number of fused-ring (bicyclic) bond motifs is 14. The van der Waals surface area contributed by atoms with E-state index in [9.17, 15) is 0 Å². The lowest BCUT2D eigenvalue weighted by atomic mass is 9.80. The van der Waals surface area contributed by atoms with E-state index >= 15 is 0 Å². The molecule has 522 valence electrons. The quantitative estimate of drug-likeness (QED) is 0.121. The molecule has 2 aliphatic rings. The Kier molecular flexibility index (Phi) is 15.9. The molecule has 2 heterocycles. The molecule has 0 atom stereocenters. The summed E-state index contributed by atoms with van der Waals surface area (Å²) in [5, 5.41) is 7.52. The highest BCUT2D eigenvalue weighted by Crippen LogP contribution is 2.56. The van der Waals surface area contributed by atoms with Crippen LogP contribution in [0.1, 0.15) is 49.9 Å². The number of para-hydroxylation sites is 2. The second-order valence-corrected chi connectivity index (χ2v) is 30.3. The number of nitrogens with zero attached hydrogens (tertiary/aromatic N) is 4. The van der Waals surface area contributed by atoms with Gasteiger partial charge in [-0.1, -0.05) is 319 Å². The number of benzene rings is 17. The Morgan fingerprint density at radius 3 is 1.00 bits per heavy atom. The number of hydrogen-bond acceptors (Lipinski definition) is 2. The van der Waals surface area contributed by atoms with Crippen molar-refractivity contribution in [3.63, 3.8) is 0 Å². The molecule has 110 heavy (non-hydrogen) atoms. The molecule has 0 amide bonds. The topological polar surface area (TPSA) is 16.3 Å². The summed E-state index contributed by atoms with van der Waals surface area (Å²) in [5.74, 6) is 0. The van der Waals surface area contributed by atoms with E-state index in [0.717, 1.165) is 45.5 Å². The molecule has 0 unspecified atom stereocenters. The van der Waals surface area contributed by atoms with Crippen LogP contribution >= 0.6 is 0 Å². The van der Waals surface area contributed by atoms with Crippen LogP contribution < -0.4 is 9.80 Å². The Balaban J connectivity index is 0.000000144. The van der Waals surface area contributed by atoms with Crippen LogP contribution in [0.15, 0.2) is 400 Å². The Morgan fingerprint density at radius 2 is 0.545 bits per heavy atom. The van der Waals surface area contributed by atoms with Crippen LogP contribution in [0.4, 0.5) is 34.1 Å². The van der Waals surface area contributed by atoms with Crippen LogP contribution in [0.25, 0.3) is 133 Å². The van der Waals surface area contributed by atoms with E-state index in [2.05, 4.69) is 447 Å². The van der Waals surface area contributed by atoms with E-state index in [-0.39, 0.29) is 10.8 Å². The molecule has 17 aromatic carbocycles. The molecule has 4 heteroatoms. The van der Waals surface area contributed by atoms with Crippen LogP contribution in [0, 0.1) is 0 Å². The minimum atomic E-state index is -0.182. The average molecular weight is 1410 g/mol. The monoisotopic (exact) mass is 1410 g/mol. The number of rotatable bonds is 12. The van der Waals surface area contributed by atoms with Crippen LogP contribution in [0.2, 0.25) is 0 Å². The van der Waals surface area contributed by atoms with Gasteiger partial charge in [-0.3, -0.25) is 0 Å². The molecule has 0 fully saturated rings. The number of anilines is 6. The molecule has 0 saturated heterocycles. The van der Waals surface area contributed by atoms with E-state index < -0.39 is 0 Å². The van der Waals surface area contributed by atoms with Crippen LogP contribution in [0.5, 0.6) is 0 Å². The SMILES string of the molecule is CC1(C)c2cc(N(c3ccc(-c4ccccc4)cc3)c3cccc4c3c3ccccc3n4-c3ccc(-c4ccccc4)cc3)ccc2-c2ccc3ccccc3c21.CC1(C)c2ccccc2-c2ccc(N(c3ccc(-c4ccccc4)cc3)c3cccc4c3c3ccccc3n4-c3ccc(-c4ccccc4)cc3)cc21. The summed E-state index contributed by atoms with van der Waals surface area (Å²) in [5.41, 5.74) is 34.0. The fourth-order valence-corrected chi connectivity index (χ4v) is 18.1. The predicted molar refractivity (Wildman–Crippen MR) is 465 cm³/mol. The van der Waals surface area contributed by atoms with Gasteiger partial charge in [-0.2, -0.15) is 0 Å². The van der Waals surface area contributed by atoms with Gasteiger partial charge in [0.1, 0.15) is 0 Å². The maximum absolute atomic E-state index is 2.48. The van der Waals surface area contributed by atoms with Crippen molar-refractivity contribution in [3.8, 4) is 78.1 Å². The summed E-state index contributed by atoms with van der Waals surface area (Å²) in [4.78, 5) is 4.94. The van der Waals surface area contributed by atoms with Gasteiger partial charge in [0.05, 0.1) is 33.4 Å². The summed E-state index contributed by atoms with van der Waals surface area (Å²) in [7, 11) is 0. The fraction of sp³-hybridized carbons (Fsp3) is 0.0566. The molecule has 4 nitrogen and oxygen atoms in total. The smallest absolute Gasteiger partial charge is 0.0562 e. The van der Waals surface area contributed by atoms with Gasteiger partial charge >= 0.3 is 0 Å². The van der Waals surface area contributed by atoms with E-state index in [1.807, 2.05) is 0 Å². The zero-order valence-corrected chi connectivity index (χ0v) is 61.9. The molecule has 21 rings (SSSR count). The first kappa shape index (κ1) is 65.7. The molecule has 0 N–H and O–H groups in total. The van der Waals surface area contributed by atoms with Gasteiger partial charge in [-0.15, -0.1) is 0 Å². The zero-order valence-electron chi connectivity index (χ0n) is 61.9. The van der Waals surface area contributed by atoms with Crippen molar-refractivity contribution in [3.05, 3.63) is 423 Å². The van der Waals surface area contributed by atoms with E-state index in [0.29, 0.717) is 0 Å². The molecule has 19 aromatic rings. The van der Waals surface area contributed by atoms with E-state index in [4.69, 9.17) is 0 Å². The van der Waals surface area contributed by atoms with Crippen molar-refractivity contribution >= 4 is 88.5 Å². The van der Waals surface area contributed by atoms with Gasteiger partial charge in [-0.05, 0) is 209 Å². The minimum Gasteiger partial charge on any atom is -0.310 e. The molecule has 0 aliphatic heterocycles. The maximum atomic E-state index is 2.48. The van der Waals surface area contributed by atoms with Gasteiger partial charge in [0.25, 0.3) is 0 Å². The second-order valence-electron chi connectivity index (χ2n) is 30.3. The number of aromatic nitrogens is 2. The number of hydrogen-bond donors (Lipinski definition) is 0. The van der Waals surface area contributed by atoms with Gasteiger partial charge in [-0.25, -0.2) is 0 Å². The van der Waals surface area contributed by atoms with Crippen molar-refractivity contribution in [1.29, 1.82) is 0 Å². The second kappa shape index (κ2) is 26.6. The Labute approximate surface area is 642 Å². The van der Waals surface area contributed by atoms with Crippen molar-refractivity contribution < 1.29 is 0 Å². The van der Waals surface area contributed by atoms with Crippen LogP contribution in [0.3, 0.4) is 0 Å². The third-order valence-electron chi connectivity index (χ3n) is 23.4. The predicted octanol–water partition coefficient (Wildman–Crippen LogP) is 28.9. The standard InChI is InChI=1S/C55H40N2.C51H38N2/c1-55(2)49-36-44(33-35-46(49)47-34-28-41-18-9-10-19-45(41)54(47)55)56(42-29-24-39(25-30-42)37-14-5-3-6-15-37)51-22-13-23-52-53(51)48-20-11-12-21-50(48)57(52)43-31-26-40(27-32-43)38-16-7-4-8-17-38;1-51(2)45-20-11-9-18-42(45)43-33-32-41(34-46(43)51)52(39-28-24-37(25-29-39)35-14-5-3-6-15-35)48-22-13-23-49-50(48)44-19-10-12-21-47(44)53(49)40-30-26-38(27-31-40)36-16-7-4-8-17-36/h3-36H,1-2H3;3-34H,1-2H3. The lowest BCUT2D eigenvalue weighted by Gasteiger charge is -2.29. The molecule has 0 radical (unpaired) electrons. The molecule has 0 saturated carbocycles. The molecular formula is C106H78N4. The molecule has 0 bridgehead atoms. The summed E-state index contributed by atoms with van der Waals surface area (Å²) < 4.78 is 4.84. The summed E-state index contributed by atoms with van der Waals surface area (Å²) in [6.07, 6.45) is 0. The average Bonchev–Trinajstić information content (AvgIpc) is 1.57. The molecular weight excluding hydrogens is 1330 g/mol. The highest BCUT2D eigenvalue weighted by Gasteiger charge is 2.39. The van der Waals surface area contributed by atoms with E-state index in [1.54, 1.807) is 0 Å². The molecule has 2 aromatic heterocycles. The third kappa shape index (κ3) is 11.0. The third-order valence-corrected chi connectivity index (χ3v) is 23.4. The first-order valence-corrected chi connectivity index (χ1v) is 38.3. The fourth-order valence-electron chi connectivity index (χ4n) is 18.1. The first-order chi connectivity index (χ1) is 54.1. The Morgan fingerprint density at radius 1 is 0.218 bits per heavy atom. The molecule has 2 aliphatic carbocycles. The summed E-state index contributed by atoms with van der Waals surface area (Å²) in [6.45, 7) is 9.50. The lowest BCUT2D eigenvalue weighted by molar-refractivity contribution is 0.660. The minimum absolute atomic E-state index is 0.112. The van der Waals surface area contributed by atoms with Gasteiger partial charge in [0, 0.05) is 66.5 Å². The van der Waals surface area contributed by atoms with Crippen molar-refractivity contribution in [2.24, 2.45) is 0 Å². The van der Waals surface area contributed by atoms with E-state index in [1.165, 1.54) is 143 Å². The highest BCUT2D eigenvalue weighted by atomic mass is 15.2. The summed E-state index contributed by atoms with van der Waals surface area (Å²) >= 11 is 0. The van der Waals surface area contributed by atoms with Gasteiger partial charge in [0.15, 0.2) is 0 Å². The van der Waals surface area contributed by atoms with Crippen LogP contribution in [-0.4, -0.2) is 9.13 Å². The van der Waals surface area contributed by atoms with Crippen molar-refractivity contribution in [1.82, 2.24) is 9.13 Å². The van der Waals surface area contributed by atoms with Gasteiger partial charge in [0.2, 0.25) is 0 Å². The lowest BCUT2D eigenvalue weighted by Crippen LogP contribution is -2.17. The first-order valence-electron chi connectivity index (χ1n) is 38.3. The summed E-state index contributed by atoms with van der Waals surface area (Å²) in [6, 6.07) is 146. The Bertz CT molecular complexity index is 6710. The normalized spacial score (nSPS) is 12.9. The van der Waals surface area contributed by atoms with Crippen LogP contribution in [-0.2, 0) is 10.8 Å². The van der Waals surface area contributed by atoms with Gasteiger partial charge < -0.3 is 18.9 Å². The maximum Gasteiger partial charge on any atom is 0.0562 e. The largest absolute Gasteiger partial charge is 0.310 e. The van der Waals surface area contributed by atoms with Crippen molar-refractivity contribution in [2.45, 2.75) is 38.5 Å².